The molecule has 134 valence electrons. The molecule has 0 unspecified atom stereocenters. The minimum Gasteiger partial charge on any atom is -0.494 e. The summed E-state index contributed by atoms with van der Waals surface area (Å²) < 4.78 is 37.9. The number of carbonyl (C=O) groups excluding carboxylic acids is 1. The smallest absolute Gasteiger partial charge is 0.338 e. The lowest BCUT2D eigenvalue weighted by atomic mass is 10.1. The summed E-state index contributed by atoms with van der Waals surface area (Å²) in [6, 6.07) is 10.9. The van der Waals surface area contributed by atoms with Gasteiger partial charge in [0.1, 0.15) is 5.75 Å². The summed E-state index contributed by atoms with van der Waals surface area (Å²) in [6.45, 7) is 5.99. The monoisotopic (exact) mass is 363 g/mol. The summed E-state index contributed by atoms with van der Waals surface area (Å²) in [5.41, 5.74) is 1.17. The Bertz CT molecular complexity index is 844. The van der Waals surface area contributed by atoms with Crippen molar-refractivity contribution < 1.29 is 22.7 Å². The number of hydrogen-bond acceptors (Lipinski definition) is 5. The lowest BCUT2D eigenvalue weighted by Gasteiger charge is -2.13. The summed E-state index contributed by atoms with van der Waals surface area (Å²) in [5.74, 6) is 0.115. The number of nitrogens with one attached hydrogen (secondary N) is 1. The van der Waals surface area contributed by atoms with E-state index in [4.69, 9.17) is 9.47 Å². The Labute approximate surface area is 147 Å². The highest BCUT2D eigenvalue weighted by molar-refractivity contribution is 7.92. The Morgan fingerprint density at radius 2 is 1.72 bits per heavy atom. The number of ether oxygens (including phenoxy) is 2. The third-order valence-electron chi connectivity index (χ3n) is 3.52. The van der Waals surface area contributed by atoms with Crippen LogP contribution in [0.2, 0.25) is 0 Å². The molecular weight excluding hydrogens is 342 g/mol. The highest BCUT2D eigenvalue weighted by Gasteiger charge is 2.18. The SMILES string of the molecule is CCOC(=O)c1cccc(NS(=O)(=O)c2ccc(OCC)cc2)c1C. The van der Waals surface area contributed by atoms with Gasteiger partial charge in [0, 0.05) is 0 Å². The molecule has 0 heterocycles. The minimum atomic E-state index is -3.78. The van der Waals surface area contributed by atoms with Gasteiger partial charge in [-0.1, -0.05) is 6.07 Å². The Morgan fingerprint density at radius 3 is 2.32 bits per heavy atom. The molecule has 0 saturated heterocycles. The molecule has 2 aromatic carbocycles. The number of hydrogen-bond donors (Lipinski definition) is 1. The lowest BCUT2D eigenvalue weighted by molar-refractivity contribution is 0.0525. The van der Waals surface area contributed by atoms with E-state index in [1.165, 1.54) is 12.1 Å². The molecule has 0 saturated carbocycles. The normalized spacial score (nSPS) is 11.0. The van der Waals surface area contributed by atoms with Crippen molar-refractivity contribution in [2.45, 2.75) is 25.7 Å². The van der Waals surface area contributed by atoms with Crippen LogP contribution in [0.4, 0.5) is 5.69 Å². The highest BCUT2D eigenvalue weighted by atomic mass is 32.2. The van der Waals surface area contributed by atoms with Gasteiger partial charge in [0.2, 0.25) is 0 Å². The van der Waals surface area contributed by atoms with Crippen molar-refractivity contribution in [3.63, 3.8) is 0 Å². The van der Waals surface area contributed by atoms with Gasteiger partial charge in [0.25, 0.3) is 10.0 Å². The third kappa shape index (κ3) is 4.51. The van der Waals surface area contributed by atoms with Crippen LogP contribution in [0, 0.1) is 6.92 Å². The van der Waals surface area contributed by atoms with Crippen molar-refractivity contribution in [1.29, 1.82) is 0 Å². The summed E-state index contributed by atoms with van der Waals surface area (Å²) in [5, 5.41) is 0. The molecule has 0 amide bonds. The first-order chi connectivity index (χ1) is 11.9. The van der Waals surface area contributed by atoms with E-state index in [-0.39, 0.29) is 11.5 Å². The Morgan fingerprint density at radius 1 is 1.04 bits per heavy atom. The standard InChI is InChI=1S/C18H21NO5S/c1-4-23-14-9-11-15(12-10-14)25(21,22)19-17-8-6-7-16(13(17)3)18(20)24-5-2/h6-12,19H,4-5H2,1-3H3. The fourth-order valence-electron chi connectivity index (χ4n) is 2.26. The first kappa shape index (κ1) is 18.8. The predicted octanol–water partition coefficient (Wildman–Crippen LogP) is 3.37. The zero-order chi connectivity index (χ0) is 18.4. The first-order valence-corrected chi connectivity index (χ1v) is 9.39. The number of esters is 1. The molecule has 6 nitrogen and oxygen atoms in total. The topological polar surface area (TPSA) is 81.7 Å². The quantitative estimate of drug-likeness (QED) is 0.763. The maximum absolute atomic E-state index is 12.6. The molecule has 0 aliphatic heterocycles. The summed E-state index contributed by atoms with van der Waals surface area (Å²) in [7, 11) is -3.78. The highest BCUT2D eigenvalue weighted by Crippen LogP contribution is 2.24. The van der Waals surface area contributed by atoms with Gasteiger partial charge >= 0.3 is 5.97 Å². The second-order valence-corrected chi connectivity index (χ2v) is 6.89. The maximum atomic E-state index is 12.6. The van der Waals surface area contributed by atoms with Crippen LogP contribution in [0.25, 0.3) is 0 Å². The van der Waals surface area contributed by atoms with E-state index in [0.717, 1.165) is 0 Å². The van der Waals surface area contributed by atoms with E-state index < -0.39 is 16.0 Å². The molecule has 0 bridgehead atoms. The number of sulfonamides is 1. The number of anilines is 1. The molecule has 0 aliphatic rings. The van der Waals surface area contributed by atoms with E-state index in [1.807, 2.05) is 6.92 Å². The van der Waals surface area contributed by atoms with E-state index in [9.17, 15) is 13.2 Å². The zero-order valence-electron chi connectivity index (χ0n) is 14.4. The first-order valence-electron chi connectivity index (χ1n) is 7.91. The van der Waals surface area contributed by atoms with Crippen LogP contribution in [0.5, 0.6) is 5.75 Å². The van der Waals surface area contributed by atoms with Crippen molar-refractivity contribution in [3.05, 3.63) is 53.6 Å². The molecule has 2 aromatic rings. The molecular formula is C18H21NO5S. The van der Waals surface area contributed by atoms with E-state index in [1.54, 1.807) is 44.2 Å². The van der Waals surface area contributed by atoms with Crippen molar-refractivity contribution in [2.24, 2.45) is 0 Å². The molecule has 0 aromatic heterocycles. The predicted molar refractivity (Wildman–Crippen MR) is 95.6 cm³/mol. The van der Waals surface area contributed by atoms with Crippen LogP contribution in [0.3, 0.4) is 0 Å². The van der Waals surface area contributed by atoms with Gasteiger partial charge < -0.3 is 9.47 Å². The van der Waals surface area contributed by atoms with E-state index in [0.29, 0.717) is 29.2 Å². The molecule has 7 heteroatoms. The second-order valence-electron chi connectivity index (χ2n) is 5.21. The molecule has 0 radical (unpaired) electrons. The number of rotatable bonds is 7. The van der Waals surface area contributed by atoms with Gasteiger partial charge in [-0.2, -0.15) is 0 Å². The number of benzene rings is 2. The van der Waals surface area contributed by atoms with Crippen molar-refractivity contribution in [2.75, 3.05) is 17.9 Å². The summed E-state index contributed by atoms with van der Waals surface area (Å²) >= 11 is 0. The van der Waals surface area contributed by atoms with Gasteiger partial charge in [-0.15, -0.1) is 0 Å². The second kappa shape index (κ2) is 8.02. The largest absolute Gasteiger partial charge is 0.494 e. The van der Waals surface area contributed by atoms with Gasteiger partial charge in [-0.3, -0.25) is 4.72 Å². The fraction of sp³-hybridized carbons (Fsp3) is 0.278. The fourth-order valence-corrected chi connectivity index (χ4v) is 3.38. The zero-order valence-corrected chi connectivity index (χ0v) is 15.2. The molecule has 0 atom stereocenters. The molecule has 0 aliphatic carbocycles. The van der Waals surface area contributed by atoms with Gasteiger partial charge in [0.05, 0.1) is 29.4 Å². The van der Waals surface area contributed by atoms with E-state index in [2.05, 4.69) is 4.72 Å². The van der Waals surface area contributed by atoms with Crippen LogP contribution in [-0.2, 0) is 14.8 Å². The van der Waals surface area contributed by atoms with Crippen molar-refractivity contribution >= 4 is 21.7 Å². The van der Waals surface area contributed by atoms with Crippen LogP contribution in [0.15, 0.2) is 47.4 Å². The molecule has 0 fully saturated rings. The Kier molecular flexibility index (Phi) is 6.03. The minimum absolute atomic E-state index is 0.108. The van der Waals surface area contributed by atoms with Gasteiger partial charge in [-0.05, 0) is 62.7 Å². The van der Waals surface area contributed by atoms with E-state index >= 15 is 0 Å². The van der Waals surface area contributed by atoms with Crippen LogP contribution in [-0.4, -0.2) is 27.6 Å². The van der Waals surface area contributed by atoms with Crippen molar-refractivity contribution in [3.8, 4) is 5.75 Å². The molecule has 25 heavy (non-hydrogen) atoms. The van der Waals surface area contributed by atoms with Crippen LogP contribution < -0.4 is 9.46 Å². The molecule has 1 N–H and O–H groups in total. The molecule has 2 rings (SSSR count). The van der Waals surface area contributed by atoms with Gasteiger partial charge in [0.15, 0.2) is 0 Å². The Balaban J connectivity index is 2.28. The lowest BCUT2D eigenvalue weighted by Crippen LogP contribution is -2.15. The third-order valence-corrected chi connectivity index (χ3v) is 4.90. The van der Waals surface area contributed by atoms with Gasteiger partial charge in [-0.25, -0.2) is 13.2 Å². The summed E-state index contributed by atoms with van der Waals surface area (Å²) in [6.07, 6.45) is 0. The average molecular weight is 363 g/mol. The maximum Gasteiger partial charge on any atom is 0.338 e. The Hall–Kier alpha value is -2.54. The average Bonchev–Trinajstić information content (AvgIpc) is 2.57. The summed E-state index contributed by atoms with van der Waals surface area (Å²) in [4.78, 5) is 12.0. The van der Waals surface area contributed by atoms with Crippen molar-refractivity contribution in [1.82, 2.24) is 0 Å². The number of carbonyl (C=O) groups is 1. The van der Waals surface area contributed by atoms with Crippen LogP contribution >= 0.6 is 0 Å². The van der Waals surface area contributed by atoms with Crippen LogP contribution in [0.1, 0.15) is 29.8 Å². The molecule has 0 spiro atoms.